The molecule has 0 amide bonds. The van der Waals surface area contributed by atoms with Crippen molar-refractivity contribution in [2.45, 2.75) is 23.7 Å². The normalized spacial score (nSPS) is 11.6. The number of thioether (sulfide) groups is 1. The number of ketones is 1. The molecule has 0 aromatic heterocycles. The number of hydrogen-bond acceptors (Lipinski definition) is 2. The van der Waals surface area contributed by atoms with Crippen molar-refractivity contribution in [3.63, 3.8) is 0 Å². The molecule has 16 heavy (non-hydrogen) atoms. The molecule has 6 heteroatoms. The van der Waals surface area contributed by atoms with Gasteiger partial charge in [-0.15, -0.1) is 0 Å². The van der Waals surface area contributed by atoms with Crippen LogP contribution < -0.4 is 0 Å². The summed E-state index contributed by atoms with van der Waals surface area (Å²) >= 11 is 5.47. The average Bonchev–Trinajstić information content (AvgIpc) is 2.18. The molecule has 1 nitrogen and oxygen atoms in total. The second-order valence-electron chi connectivity index (χ2n) is 2.97. The molecule has 1 rings (SSSR count). The van der Waals surface area contributed by atoms with E-state index in [9.17, 15) is 18.0 Å². The minimum Gasteiger partial charge on any atom is -0.294 e. The first-order valence-corrected chi connectivity index (χ1v) is 5.61. The van der Waals surface area contributed by atoms with E-state index in [0.717, 1.165) is 0 Å². The molecule has 0 spiro atoms. The van der Waals surface area contributed by atoms with Gasteiger partial charge in [-0.2, -0.15) is 13.2 Å². The summed E-state index contributed by atoms with van der Waals surface area (Å²) in [4.78, 5) is 11.3. The molecule has 0 saturated carbocycles. The highest BCUT2D eigenvalue weighted by molar-refractivity contribution is 8.00. The molecule has 0 unspecified atom stereocenters. The van der Waals surface area contributed by atoms with Gasteiger partial charge < -0.3 is 0 Å². The van der Waals surface area contributed by atoms with Crippen LogP contribution in [0.3, 0.4) is 0 Å². The van der Waals surface area contributed by atoms with Gasteiger partial charge >= 0.3 is 5.51 Å². The van der Waals surface area contributed by atoms with Crippen LogP contribution in [0.25, 0.3) is 0 Å². The van der Waals surface area contributed by atoms with Gasteiger partial charge in [0.15, 0.2) is 5.78 Å². The highest BCUT2D eigenvalue weighted by atomic mass is 35.5. The molecule has 1 aromatic rings. The minimum atomic E-state index is -4.36. The van der Waals surface area contributed by atoms with Crippen molar-refractivity contribution in [2.75, 3.05) is 0 Å². The fraction of sp³-hybridized carbons (Fsp3) is 0.300. The van der Waals surface area contributed by atoms with Gasteiger partial charge in [0.25, 0.3) is 0 Å². The van der Waals surface area contributed by atoms with Crippen LogP contribution >= 0.6 is 23.4 Å². The van der Waals surface area contributed by atoms with Gasteiger partial charge in [0.05, 0.1) is 5.02 Å². The first-order valence-electron chi connectivity index (χ1n) is 4.42. The fourth-order valence-corrected chi connectivity index (χ4v) is 1.91. The Hall–Kier alpha value is -0.680. The monoisotopic (exact) mass is 268 g/mol. The van der Waals surface area contributed by atoms with Gasteiger partial charge in [0.2, 0.25) is 0 Å². The van der Waals surface area contributed by atoms with E-state index in [0.29, 0.717) is 0 Å². The molecule has 0 atom stereocenters. The van der Waals surface area contributed by atoms with E-state index in [1.165, 1.54) is 18.2 Å². The van der Waals surface area contributed by atoms with Crippen molar-refractivity contribution >= 4 is 29.1 Å². The quantitative estimate of drug-likeness (QED) is 0.591. The van der Waals surface area contributed by atoms with Gasteiger partial charge in [0, 0.05) is 16.9 Å². The summed E-state index contributed by atoms with van der Waals surface area (Å²) in [6.07, 6.45) is 0.208. The van der Waals surface area contributed by atoms with Crippen molar-refractivity contribution < 1.29 is 18.0 Å². The van der Waals surface area contributed by atoms with E-state index >= 15 is 0 Å². The van der Waals surface area contributed by atoms with Gasteiger partial charge in [-0.25, -0.2) is 0 Å². The molecule has 0 bridgehead atoms. The maximum atomic E-state index is 12.1. The van der Waals surface area contributed by atoms with E-state index < -0.39 is 5.51 Å². The molecule has 0 radical (unpaired) electrons. The van der Waals surface area contributed by atoms with Gasteiger partial charge in [-0.05, 0) is 30.0 Å². The zero-order valence-electron chi connectivity index (χ0n) is 8.27. The SMILES string of the molecule is CCC(=O)c1cc(SC(F)(F)F)ccc1Cl. The Balaban J connectivity index is 3.03. The van der Waals surface area contributed by atoms with Crippen LogP contribution in [0, 0.1) is 0 Å². The standard InChI is InChI=1S/C10H8ClF3OS/c1-2-9(15)7-5-6(3-4-8(7)11)16-10(12,13)14/h3-5H,2H2,1H3. The summed E-state index contributed by atoms with van der Waals surface area (Å²) in [5.41, 5.74) is -4.22. The highest BCUT2D eigenvalue weighted by Crippen LogP contribution is 2.38. The van der Waals surface area contributed by atoms with Crippen LogP contribution in [0.15, 0.2) is 23.1 Å². The first kappa shape index (κ1) is 13.4. The summed E-state index contributed by atoms with van der Waals surface area (Å²) in [5.74, 6) is -0.269. The molecule has 0 N–H and O–H groups in total. The molecular formula is C10H8ClF3OS. The van der Waals surface area contributed by atoms with Gasteiger partial charge in [-0.1, -0.05) is 18.5 Å². The Morgan fingerprint density at radius 1 is 1.44 bits per heavy atom. The Morgan fingerprint density at radius 2 is 2.06 bits per heavy atom. The number of hydrogen-bond donors (Lipinski definition) is 0. The number of Topliss-reactive ketones (excluding diaryl/α,β-unsaturated/α-hetero) is 1. The molecule has 0 aliphatic heterocycles. The summed E-state index contributed by atoms with van der Waals surface area (Å²) in [7, 11) is 0. The van der Waals surface area contributed by atoms with Crippen LogP contribution in [0.4, 0.5) is 13.2 Å². The maximum Gasteiger partial charge on any atom is 0.446 e. The van der Waals surface area contributed by atoms with Crippen LogP contribution in [0.5, 0.6) is 0 Å². The lowest BCUT2D eigenvalue weighted by atomic mass is 10.1. The number of carbonyl (C=O) groups is 1. The average molecular weight is 269 g/mol. The van der Waals surface area contributed by atoms with Crippen molar-refractivity contribution in [3.8, 4) is 0 Å². The predicted octanol–water partition coefficient (Wildman–Crippen LogP) is 4.54. The lowest BCUT2D eigenvalue weighted by Crippen LogP contribution is -2.01. The number of carbonyl (C=O) groups excluding carboxylic acids is 1. The van der Waals surface area contributed by atoms with Crippen LogP contribution in [0.2, 0.25) is 5.02 Å². The molecule has 0 aliphatic carbocycles. The van der Waals surface area contributed by atoms with Crippen LogP contribution in [0.1, 0.15) is 23.7 Å². The Morgan fingerprint density at radius 3 is 2.56 bits per heavy atom. The summed E-state index contributed by atoms with van der Waals surface area (Å²) < 4.78 is 36.3. The lowest BCUT2D eigenvalue weighted by Gasteiger charge is -2.08. The Labute approximate surface area is 100.0 Å². The molecule has 0 fully saturated rings. The summed E-state index contributed by atoms with van der Waals surface area (Å²) in [6, 6.07) is 3.72. The predicted molar refractivity (Wildman–Crippen MR) is 58.0 cm³/mol. The number of alkyl halides is 3. The third-order valence-corrected chi connectivity index (χ3v) is 2.84. The van der Waals surface area contributed by atoms with Gasteiger partial charge in [-0.3, -0.25) is 4.79 Å². The molecule has 1 aromatic carbocycles. The molecular weight excluding hydrogens is 261 g/mol. The molecule has 0 aliphatic rings. The third kappa shape index (κ3) is 3.72. The van der Waals surface area contributed by atoms with Crippen molar-refractivity contribution in [2.24, 2.45) is 0 Å². The van der Waals surface area contributed by atoms with Crippen molar-refractivity contribution in [1.82, 2.24) is 0 Å². The highest BCUT2D eigenvalue weighted by Gasteiger charge is 2.29. The third-order valence-electron chi connectivity index (χ3n) is 1.79. The minimum absolute atomic E-state index is 0.0336. The van der Waals surface area contributed by atoms with E-state index in [4.69, 9.17) is 11.6 Å². The number of benzene rings is 1. The van der Waals surface area contributed by atoms with E-state index in [1.54, 1.807) is 6.92 Å². The zero-order chi connectivity index (χ0) is 12.3. The lowest BCUT2D eigenvalue weighted by molar-refractivity contribution is -0.0328. The number of rotatable bonds is 3. The topological polar surface area (TPSA) is 17.1 Å². The number of halogens is 4. The fourth-order valence-electron chi connectivity index (χ4n) is 1.11. The largest absolute Gasteiger partial charge is 0.446 e. The Bertz CT molecular complexity index is 404. The second-order valence-corrected chi connectivity index (χ2v) is 4.51. The van der Waals surface area contributed by atoms with E-state index in [2.05, 4.69) is 0 Å². The first-order chi connectivity index (χ1) is 7.33. The van der Waals surface area contributed by atoms with Crippen LogP contribution in [-0.4, -0.2) is 11.3 Å². The molecule has 88 valence electrons. The Kier molecular flexibility index (Phi) is 4.27. The summed E-state index contributed by atoms with van der Waals surface area (Å²) in [6.45, 7) is 1.63. The van der Waals surface area contributed by atoms with Crippen LogP contribution in [-0.2, 0) is 0 Å². The van der Waals surface area contributed by atoms with Crippen molar-refractivity contribution in [3.05, 3.63) is 28.8 Å². The van der Waals surface area contributed by atoms with E-state index in [1.807, 2.05) is 0 Å². The van der Waals surface area contributed by atoms with Gasteiger partial charge in [0.1, 0.15) is 0 Å². The summed E-state index contributed by atoms with van der Waals surface area (Å²) in [5, 5.41) is 0.179. The smallest absolute Gasteiger partial charge is 0.294 e. The molecule has 0 heterocycles. The van der Waals surface area contributed by atoms with Crippen molar-refractivity contribution in [1.29, 1.82) is 0 Å². The second kappa shape index (κ2) is 5.10. The maximum absolute atomic E-state index is 12.1. The molecule has 0 saturated heterocycles. The zero-order valence-corrected chi connectivity index (χ0v) is 9.84. The van der Waals surface area contributed by atoms with E-state index in [-0.39, 0.29) is 39.4 Å².